The predicted molar refractivity (Wildman–Crippen MR) is 73.7 cm³/mol. The summed E-state index contributed by atoms with van der Waals surface area (Å²) in [6.07, 6.45) is 2.60. The second-order valence-corrected chi connectivity index (χ2v) is 4.45. The van der Waals surface area contributed by atoms with E-state index in [1.165, 1.54) is 0 Å². The Balaban J connectivity index is 2.17. The first-order valence-electron chi connectivity index (χ1n) is 6.43. The zero-order valence-corrected chi connectivity index (χ0v) is 10.8. The Hall–Kier alpha value is -2.01. The third-order valence-electron chi connectivity index (χ3n) is 3.17. The van der Waals surface area contributed by atoms with E-state index < -0.39 is 0 Å². The Labute approximate surface area is 111 Å². The van der Waals surface area contributed by atoms with Crippen LogP contribution in [-0.4, -0.2) is 29.3 Å². The maximum atomic E-state index is 5.64. The Morgan fingerprint density at radius 2 is 2.05 bits per heavy atom. The highest BCUT2D eigenvalue weighted by atomic mass is 16.6. The van der Waals surface area contributed by atoms with E-state index >= 15 is 0 Å². The lowest BCUT2D eigenvalue weighted by Gasteiger charge is -2.18. The lowest BCUT2D eigenvalue weighted by Crippen LogP contribution is -2.15. The molecule has 0 fully saturated rings. The maximum Gasteiger partial charge on any atom is 0.163 e. The fourth-order valence-electron chi connectivity index (χ4n) is 2.36. The van der Waals surface area contributed by atoms with Gasteiger partial charge in [-0.2, -0.15) is 0 Å². The largest absolute Gasteiger partial charge is 0.486 e. The number of allylic oxidation sites excluding steroid dienone is 1. The van der Waals surface area contributed by atoms with Gasteiger partial charge in [0.1, 0.15) is 19.0 Å². The topological polar surface area (TPSA) is 62.3 Å². The standard InChI is InChI=1S/C14H17N3O2/c1-2-5-17-11-9-13-12(18-6-7-19-13)8-10(11)16-14(17)3-4-15/h2,8-9H,1,3-7,15H2. The highest BCUT2D eigenvalue weighted by Crippen LogP contribution is 2.34. The Morgan fingerprint density at radius 1 is 1.32 bits per heavy atom. The number of ether oxygens (including phenoxy) is 2. The molecule has 0 saturated carbocycles. The predicted octanol–water partition coefficient (Wildman–Crippen LogP) is 1.49. The molecule has 3 rings (SSSR count). The monoisotopic (exact) mass is 259 g/mol. The van der Waals surface area contributed by atoms with Gasteiger partial charge in [-0.25, -0.2) is 4.98 Å². The van der Waals surface area contributed by atoms with Crippen LogP contribution in [0.15, 0.2) is 24.8 Å². The molecule has 0 unspecified atom stereocenters. The van der Waals surface area contributed by atoms with Crippen molar-refractivity contribution in [2.45, 2.75) is 13.0 Å². The van der Waals surface area contributed by atoms with E-state index in [1.807, 2.05) is 18.2 Å². The SMILES string of the molecule is C=CCn1c(CCN)nc2cc3c(cc21)OCCO3. The van der Waals surface area contributed by atoms with Crippen LogP contribution in [-0.2, 0) is 13.0 Å². The number of aromatic nitrogens is 2. The van der Waals surface area contributed by atoms with Crippen LogP contribution >= 0.6 is 0 Å². The molecular weight excluding hydrogens is 242 g/mol. The van der Waals surface area contributed by atoms with Gasteiger partial charge in [0.05, 0.1) is 11.0 Å². The van der Waals surface area contributed by atoms with Crippen molar-refractivity contribution in [2.75, 3.05) is 19.8 Å². The molecule has 5 nitrogen and oxygen atoms in total. The van der Waals surface area contributed by atoms with Crippen LogP contribution in [0.4, 0.5) is 0 Å². The summed E-state index contributed by atoms with van der Waals surface area (Å²) >= 11 is 0. The number of fused-ring (bicyclic) bond motifs is 2. The normalized spacial score (nSPS) is 13.7. The number of nitrogens with two attached hydrogens (primary N) is 1. The van der Waals surface area contributed by atoms with E-state index in [0.717, 1.165) is 34.8 Å². The quantitative estimate of drug-likeness (QED) is 0.845. The van der Waals surface area contributed by atoms with Crippen molar-refractivity contribution in [1.82, 2.24) is 9.55 Å². The summed E-state index contributed by atoms with van der Waals surface area (Å²) in [6, 6.07) is 3.92. The first-order chi connectivity index (χ1) is 9.33. The first-order valence-corrected chi connectivity index (χ1v) is 6.43. The third-order valence-corrected chi connectivity index (χ3v) is 3.17. The molecule has 1 aromatic carbocycles. The third kappa shape index (κ3) is 2.06. The molecule has 1 aliphatic heterocycles. The van der Waals surface area contributed by atoms with Gasteiger partial charge in [-0.15, -0.1) is 6.58 Å². The van der Waals surface area contributed by atoms with Gasteiger partial charge in [-0.3, -0.25) is 0 Å². The number of rotatable bonds is 4. The van der Waals surface area contributed by atoms with Crippen molar-refractivity contribution in [3.05, 3.63) is 30.6 Å². The van der Waals surface area contributed by atoms with Crippen LogP contribution in [0, 0.1) is 0 Å². The summed E-state index contributed by atoms with van der Waals surface area (Å²) in [5, 5.41) is 0. The highest BCUT2D eigenvalue weighted by molar-refractivity contribution is 5.81. The number of benzene rings is 1. The molecule has 5 heteroatoms. The van der Waals surface area contributed by atoms with Gasteiger partial charge >= 0.3 is 0 Å². The minimum absolute atomic E-state index is 0.577. The average molecular weight is 259 g/mol. The molecular formula is C14H17N3O2. The maximum absolute atomic E-state index is 5.64. The molecule has 0 amide bonds. The molecule has 0 spiro atoms. The second-order valence-electron chi connectivity index (χ2n) is 4.45. The van der Waals surface area contributed by atoms with Gasteiger partial charge < -0.3 is 19.8 Å². The first kappa shape index (κ1) is 12.0. The zero-order chi connectivity index (χ0) is 13.2. The van der Waals surface area contributed by atoms with Crippen LogP contribution in [0.3, 0.4) is 0 Å². The molecule has 100 valence electrons. The van der Waals surface area contributed by atoms with Gasteiger partial charge in [0.25, 0.3) is 0 Å². The van der Waals surface area contributed by atoms with Crippen molar-refractivity contribution in [3.8, 4) is 11.5 Å². The molecule has 0 bridgehead atoms. The number of imidazole rings is 1. The Morgan fingerprint density at radius 3 is 2.74 bits per heavy atom. The molecule has 0 saturated heterocycles. The molecule has 1 aromatic heterocycles. The molecule has 2 heterocycles. The molecule has 1 aliphatic rings. The zero-order valence-electron chi connectivity index (χ0n) is 10.8. The van der Waals surface area contributed by atoms with Gasteiger partial charge in [0, 0.05) is 25.1 Å². The van der Waals surface area contributed by atoms with Crippen molar-refractivity contribution < 1.29 is 9.47 Å². The minimum Gasteiger partial charge on any atom is -0.486 e. The van der Waals surface area contributed by atoms with Crippen molar-refractivity contribution in [2.24, 2.45) is 5.73 Å². The van der Waals surface area contributed by atoms with Crippen LogP contribution in [0.5, 0.6) is 11.5 Å². The lowest BCUT2D eigenvalue weighted by atomic mass is 10.2. The minimum atomic E-state index is 0.577. The van der Waals surface area contributed by atoms with Crippen LogP contribution < -0.4 is 15.2 Å². The molecule has 2 N–H and O–H groups in total. The fraction of sp³-hybridized carbons (Fsp3) is 0.357. The summed E-state index contributed by atoms with van der Waals surface area (Å²) in [5.41, 5.74) is 7.59. The summed E-state index contributed by atoms with van der Waals surface area (Å²) in [4.78, 5) is 4.63. The van der Waals surface area contributed by atoms with E-state index in [0.29, 0.717) is 26.3 Å². The van der Waals surface area contributed by atoms with Crippen molar-refractivity contribution in [1.29, 1.82) is 0 Å². The summed E-state index contributed by atoms with van der Waals surface area (Å²) in [7, 11) is 0. The van der Waals surface area contributed by atoms with E-state index in [4.69, 9.17) is 15.2 Å². The summed E-state index contributed by atoms with van der Waals surface area (Å²) < 4.78 is 13.3. The Kier molecular flexibility index (Phi) is 3.13. The second kappa shape index (κ2) is 4.93. The summed E-state index contributed by atoms with van der Waals surface area (Å²) in [5.74, 6) is 2.52. The fourth-order valence-corrected chi connectivity index (χ4v) is 2.36. The van der Waals surface area contributed by atoms with E-state index in [-0.39, 0.29) is 0 Å². The highest BCUT2D eigenvalue weighted by Gasteiger charge is 2.17. The molecule has 0 aliphatic carbocycles. The molecule has 19 heavy (non-hydrogen) atoms. The van der Waals surface area contributed by atoms with Crippen molar-refractivity contribution in [3.63, 3.8) is 0 Å². The smallest absolute Gasteiger partial charge is 0.163 e. The molecule has 0 atom stereocenters. The number of nitrogens with zero attached hydrogens (tertiary/aromatic N) is 2. The van der Waals surface area contributed by atoms with E-state index in [1.54, 1.807) is 0 Å². The molecule has 0 radical (unpaired) electrons. The van der Waals surface area contributed by atoms with Gasteiger partial charge in [-0.1, -0.05) is 6.08 Å². The Bertz CT molecular complexity index is 619. The lowest BCUT2D eigenvalue weighted by molar-refractivity contribution is 0.172. The molecule has 2 aromatic rings. The van der Waals surface area contributed by atoms with Gasteiger partial charge in [0.2, 0.25) is 0 Å². The van der Waals surface area contributed by atoms with Crippen molar-refractivity contribution >= 4 is 11.0 Å². The van der Waals surface area contributed by atoms with E-state index in [9.17, 15) is 0 Å². The number of hydrogen-bond donors (Lipinski definition) is 1. The van der Waals surface area contributed by atoms with Crippen LogP contribution in [0.1, 0.15) is 5.82 Å². The summed E-state index contributed by atoms with van der Waals surface area (Å²) in [6.45, 7) is 6.26. The van der Waals surface area contributed by atoms with Gasteiger partial charge in [-0.05, 0) is 6.54 Å². The van der Waals surface area contributed by atoms with Crippen LogP contribution in [0.25, 0.3) is 11.0 Å². The van der Waals surface area contributed by atoms with Crippen LogP contribution in [0.2, 0.25) is 0 Å². The van der Waals surface area contributed by atoms with E-state index in [2.05, 4.69) is 16.1 Å². The number of hydrogen-bond acceptors (Lipinski definition) is 4. The average Bonchev–Trinajstić information content (AvgIpc) is 2.75. The van der Waals surface area contributed by atoms with Gasteiger partial charge in [0.15, 0.2) is 11.5 Å².